The van der Waals surface area contributed by atoms with E-state index in [-0.39, 0.29) is 17.2 Å². The monoisotopic (exact) mass is 324 g/mol. The van der Waals surface area contributed by atoms with Crippen LogP contribution in [0.2, 0.25) is 0 Å². The first-order chi connectivity index (χ1) is 10.8. The smallest absolute Gasteiger partial charge is 0.342 e. The van der Waals surface area contributed by atoms with Crippen LogP contribution in [0.1, 0.15) is 24.2 Å². The van der Waals surface area contributed by atoms with Gasteiger partial charge in [0, 0.05) is 6.07 Å². The van der Waals surface area contributed by atoms with Crippen LogP contribution in [0, 0.1) is 5.92 Å². The number of hydrogen-bond donors (Lipinski definition) is 2. The molecule has 1 rings (SSSR count). The maximum absolute atomic E-state index is 12.3. The van der Waals surface area contributed by atoms with E-state index in [1.807, 2.05) is 5.32 Å². The molecule has 3 N–H and O–H groups in total. The molecule has 1 aromatic carbocycles. The molecule has 8 heteroatoms. The summed E-state index contributed by atoms with van der Waals surface area (Å²) in [6.07, 6.45) is -1.16. The highest BCUT2D eigenvalue weighted by atomic mass is 16.6. The number of imide groups is 1. The van der Waals surface area contributed by atoms with Crippen molar-refractivity contribution in [2.24, 2.45) is 11.7 Å². The molecule has 0 fully saturated rings. The van der Waals surface area contributed by atoms with Gasteiger partial charge in [-0.05, 0) is 18.1 Å². The number of ether oxygens (including phenoxy) is 3. The zero-order valence-corrected chi connectivity index (χ0v) is 13.4. The summed E-state index contributed by atoms with van der Waals surface area (Å²) in [6.45, 7) is 3.34. The Morgan fingerprint density at radius 1 is 1.13 bits per heavy atom. The molecule has 0 saturated heterocycles. The standard InChI is InChI=1S/C15H20N2O6/c1-8(2)12(13(18)17-15(16)20)23-14(19)10-6-5-9(21-3)7-11(10)22-4/h5-8,12H,1-4H3,(H3,16,17,18,20). The van der Waals surface area contributed by atoms with E-state index in [1.54, 1.807) is 19.9 Å². The van der Waals surface area contributed by atoms with Crippen molar-refractivity contribution in [3.05, 3.63) is 23.8 Å². The predicted octanol–water partition coefficient (Wildman–Crippen LogP) is 1.08. The van der Waals surface area contributed by atoms with Gasteiger partial charge in [0.05, 0.1) is 14.2 Å². The molecule has 0 aromatic heterocycles. The molecule has 3 amide bonds. The zero-order valence-electron chi connectivity index (χ0n) is 13.4. The number of nitrogens with one attached hydrogen (secondary N) is 1. The quantitative estimate of drug-likeness (QED) is 0.756. The fourth-order valence-electron chi connectivity index (χ4n) is 1.83. The van der Waals surface area contributed by atoms with Crippen LogP contribution < -0.4 is 20.5 Å². The molecule has 0 aliphatic heterocycles. The number of urea groups is 1. The van der Waals surface area contributed by atoms with E-state index in [0.29, 0.717) is 5.75 Å². The third-order valence-electron chi connectivity index (χ3n) is 2.97. The Labute approximate surface area is 133 Å². The molecule has 1 unspecified atom stereocenters. The van der Waals surface area contributed by atoms with Gasteiger partial charge in [-0.1, -0.05) is 13.8 Å². The summed E-state index contributed by atoms with van der Waals surface area (Å²) in [4.78, 5) is 34.9. The van der Waals surface area contributed by atoms with Gasteiger partial charge in [0.25, 0.3) is 5.91 Å². The van der Waals surface area contributed by atoms with E-state index in [4.69, 9.17) is 19.9 Å². The Balaban J connectivity index is 2.99. The van der Waals surface area contributed by atoms with E-state index in [1.165, 1.54) is 26.4 Å². The molecule has 0 bridgehead atoms. The van der Waals surface area contributed by atoms with Crippen LogP contribution in [0.3, 0.4) is 0 Å². The summed E-state index contributed by atoms with van der Waals surface area (Å²) in [5, 5.41) is 1.90. The van der Waals surface area contributed by atoms with E-state index >= 15 is 0 Å². The minimum Gasteiger partial charge on any atom is -0.497 e. The lowest BCUT2D eigenvalue weighted by Crippen LogP contribution is -2.45. The molecule has 0 saturated carbocycles. The van der Waals surface area contributed by atoms with Gasteiger partial charge in [-0.2, -0.15) is 0 Å². The van der Waals surface area contributed by atoms with Crippen LogP contribution in [0.25, 0.3) is 0 Å². The highest BCUT2D eigenvalue weighted by molar-refractivity contribution is 5.99. The molecular formula is C15H20N2O6. The molecule has 1 atom stereocenters. The minimum absolute atomic E-state index is 0.130. The van der Waals surface area contributed by atoms with Gasteiger partial charge in [0.15, 0.2) is 6.10 Å². The summed E-state index contributed by atoms with van der Waals surface area (Å²) in [6, 6.07) is 3.53. The van der Waals surface area contributed by atoms with Crippen molar-refractivity contribution in [1.29, 1.82) is 0 Å². The van der Waals surface area contributed by atoms with Crippen molar-refractivity contribution in [3.63, 3.8) is 0 Å². The SMILES string of the molecule is COc1ccc(C(=O)OC(C(=O)NC(N)=O)C(C)C)c(OC)c1. The van der Waals surface area contributed by atoms with E-state index < -0.39 is 24.0 Å². The number of rotatable bonds is 6. The molecular weight excluding hydrogens is 304 g/mol. The van der Waals surface area contributed by atoms with Gasteiger partial charge < -0.3 is 19.9 Å². The summed E-state index contributed by atoms with van der Waals surface area (Å²) < 4.78 is 15.4. The normalized spacial score (nSPS) is 11.5. The summed E-state index contributed by atoms with van der Waals surface area (Å²) in [5.41, 5.74) is 5.04. The van der Waals surface area contributed by atoms with Crippen molar-refractivity contribution in [3.8, 4) is 11.5 Å². The maximum Gasteiger partial charge on any atom is 0.342 e. The van der Waals surface area contributed by atoms with Crippen LogP contribution in [0.15, 0.2) is 18.2 Å². The number of nitrogens with two attached hydrogens (primary N) is 1. The van der Waals surface area contributed by atoms with Crippen LogP contribution in [0.5, 0.6) is 11.5 Å². The van der Waals surface area contributed by atoms with Crippen molar-refractivity contribution < 1.29 is 28.6 Å². The third-order valence-corrected chi connectivity index (χ3v) is 2.97. The zero-order chi connectivity index (χ0) is 17.6. The van der Waals surface area contributed by atoms with Gasteiger partial charge in [-0.25, -0.2) is 9.59 Å². The van der Waals surface area contributed by atoms with Crippen molar-refractivity contribution in [2.45, 2.75) is 20.0 Å². The molecule has 0 aliphatic rings. The second-order valence-corrected chi connectivity index (χ2v) is 4.99. The van der Waals surface area contributed by atoms with Crippen LogP contribution in [0.4, 0.5) is 4.79 Å². The van der Waals surface area contributed by atoms with E-state index in [0.717, 1.165) is 0 Å². The molecule has 0 aliphatic carbocycles. The average molecular weight is 324 g/mol. The van der Waals surface area contributed by atoms with E-state index in [2.05, 4.69) is 0 Å². The van der Waals surface area contributed by atoms with Crippen molar-refractivity contribution in [2.75, 3.05) is 14.2 Å². The first kappa shape index (κ1) is 18.3. The third kappa shape index (κ3) is 4.87. The Morgan fingerprint density at radius 2 is 1.78 bits per heavy atom. The number of carbonyl (C=O) groups is 3. The fraction of sp³-hybridized carbons (Fsp3) is 0.400. The molecule has 0 radical (unpaired) electrons. The van der Waals surface area contributed by atoms with Gasteiger partial charge >= 0.3 is 12.0 Å². The average Bonchev–Trinajstić information content (AvgIpc) is 2.50. The Hall–Kier alpha value is -2.77. The number of amides is 3. The topological polar surface area (TPSA) is 117 Å². The lowest BCUT2D eigenvalue weighted by molar-refractivity contribution is -0.130. The number of benzene rings is 1. The largest absolute Gasteiger partial charge is 0.497 e. The number of methoxy groups -OCH3 is 2. The molecule has 8 nitrogen and oxygen atoms in total. The number of primary amides is 1. The molecule has 1 aromatic rings. The summed E-state index contributed by atoms with van der Waals surface area (Å²) in [7, 11) is 2.88. The molecule has 23 heavy (non-hydrogen) atoms. The maximum atomic E-state index is 12.3. The number of hydrogen-bond acceptors (Lipinski definition) is 6. The van der Waals surface area contributed by atoms with Gasteiger partial charge in [-0.15, -0.1) is 0 Å². The summed E-state index contributed by atoms with van der Waals surface area (Å²) >= 11 is 0. The highest BCUT2D eigenvalue weighted by Gasteiger charge is 2.29. The first-order valence-corrected chi connectivity index (χ1v) is 6.83. The van der Waals surface area contributed by atoms with Gasteiger partial charge in [0.1, 0.15) is 17.1 Å². The van der Waals surface area contributed by atoms with Crippen LogP contribution in [-0.2, 0) is 9.53 Å². The second kappa shape index (κ2) is 8.02. The van der Waals surface area contributed by atoms with Crippen molar-refractivity contribution in [1.82, 2.24) is 5.32 Å². The van der Waals surface area contributed by atoms with Gasteiger partial charge in [-0.3, -0.25) is 10.1 Å². The van der Waals surface area contributed by atoms with Gasteiger partial charge in [0.2, 0.25) is 0 Å². The lowest BCUT2D eigenvalue weighted by Gasteiger charge is -2.20. The van der Waals surface area contributed by atoms with Crippen LogP contribution in [-0.4, -0.2) is 38.2 Å². The Kier molecular flexibility index (Phi) is 6.37. The number of esters is 1. The minimum atomic E-state index is -1.16. The molecule has 0 spiro atoms. The lowest BCUT2D eigenvalue weighted by atomic mass is 10.1. The highest BCUT2D eigenvalue weighted by Crippen LogP contribution is 2.26. The van der Waals surface area contributed by atoms with Crippen molar-refractivity contribution >= 4 is 17.9 Å². The first-order valence-electron chi connectivity index (χ1n) is 6.83. The second-order valence-electron chi connectivity index (χ2n) is 4.99. The Morgan fingerprint density at radius 3 is 2.26 bits per heavy atom. The number of carbonyl (C=O) groups excluding carboxylic acids is 3. The van der Waals surface area contributed by atoms with E-state index in [9.17, 15) is 14.4 Å². The predicted molar refractivity (Wildman–Crippen MR) is 81.3 cm³/mol. The van der Waals surface area contributed by atoms with Crippen LogP contribution >= 0.6 is 0 Å². The molecule has 0 heterocycles. The Bertz CT molecular complexity index is 600. The fourth-order valence-corrected chi connectivity index (χ4v) is 1.83. The summed E-state index contributed by atoms with van der Waals surface area (Å²) in [5.74, 6) is -1.16. The molecule has 126 valence electrons.